The van der Waals surface area contributed by atoms with Crippen molar-refractivity contribution in [3.8, 4) is 12.3 Å². The Kier molecular flexibility index (Phi) is 4.23. The number of hydrogen-bond donors (Lipinski definition) is 2. The largest absolute Gasteiger partial charge is 0.481 e. The zero-order chi connectivity index (χ0) is 20.5. The molecule has 2 fully saturated rings. The van der Waals surface area contributed by atoms with E-state index in [1.807, 2.05) is 13.8 Å². The first-order valence-corrected chi connectivity index (χ1v) is 10.8. The summed E-state index contributed by atoms with van der Waals surface area (Å²) in [5.74, 6) is 3.64. The molecule has 2 saturated carbocycles. The van der Waals surface area contributed by atoms with Crippen molar-refractivity contribution < 1.29 is 15.0 Å². The van der Waals surface area contributed by atoms with Gasteiger partial charge in [0.25, 0.3) is 0 Å². The molecule has 152 valence electrons. The Balaban J connectivity index is 1.69. The number of fused-ring (bicyclic) bond motifs is 5. The predicted octanol–water partition coefficient (Wildman–Crippen LogP) is 4.96. The lowest BCUT2D eigenvalue weighted by Gasteiger charge is -2.57. The van der Waals surface area contributed by atoms with Crippen LogP contribution in [0.1, 0.15) is 72.6 Å². The van der Waals surface area contributed by atoms with Crippen molar-refractivity contribution in [1.29, 1.82) is 0 Å². The highest BCUT2D eigenvalue weighted by atomic mass is 16.4. The van der Waals surface area contributed by atoms with E-state index in [4.69, 9.17) is 6.42 Å². The van der Waals surface area contributed by atoms with Crippen LogP contribution in [0.2, 0.25) is 0 Å². The summed E-state index contributed by atoms with van der Waals surface area (Å²) in [5.41, 5.74) is 0.561. The summed E-state index contributed by atoms with van der Waals surface area (Å²) in [7, 11) is 0. The van der Waals surface area contributed by atoms with Gasteiger partial charge in [-0.05, 0) is 87.5 Å². The maximum absolute atomic E-state index is 11.7. The van der Waals surface area contributed by atoms with Crippen LogP contribution >= 0.6 is 0 Å². The average molecular weight is 383 g/mol. The maximum Gasteiger partial charge on any atom is 0.313 e. The molecule has 0 aromatic heterocycles. The Morgan fingerprint density at radius 2 is 1.89 bits per heavy atom. The lowest BCUT2D eigenvalue weighted by atomic mass is 9.47. The van der Waals surface area contributed by atoms with Crippen molar-refractivity contribution in [1.82, 2.24) is 0 Å². The van der Waals surface area contributed by atoms with Crippen molar-refractivity contribution in [2.45, 2.75) is 78.2 Å². The molecule has 0 unspecified atom stereocenters. The smallest absolute Gasteiger partial charge is 0.313 e. The lowest BCUT2D eigenvalue weighted by molar-refractivity contribution is -0.145. The van der Waals surface area contributed by atoms with E-state index in [2.05, 4.69) is 31.9 Å². The fraction of sp³-hybridized carbons (Fsp3) is 0.720. The highest BCUT2D eigenvalue weighted by Crippen LogP contribution is 2.67. The standard InChI is InChI=1S/C25H34O3/c1-6-25(28)14-11-20-18-8-7-17-15-16(22(2,3)21(26)27)9-12-23(17,4)19(18)10-13-24(20,25)5/h1,7,15,18-20,28H,8-14H2,2-5H3,(H,26,27)/t18-,19+,20+,23-,24-,25-/m0/s1. The van der Waals surface area contributed by atoms with Gasteiger partial charge >= 0.3 is 5.97 Å². The third-order valence-corrected chi connectivity index (χ3v) is 9.50. The van der Waals surface area contributed by atoms with Gasteiger partial charge in [-0.15, -0.1) is 6.42 Å². The van der Waals surface area contributed by atoms with Gasteiger partial charge in [-0.3, -0.25) is 4.79 Å². The van der Waals surface area contributed by atoms with Crippen LogP contribution in [-0.2, 0) is 4.79 Å². The highest BCUT2D eigenvalue weighted by molar-refractivity contribution is 5.78. The van der Waals surface area contributed by atoms with Gasteiger partial charge in [0.2, 0.25) is 0 Å². The third kappa shape index (κ3) is 2.37. The molecule has 4 aliphatic rings. The first-order valence-electron chi connectivity index (χ1n) is 10.8. The summed E-state index contributed by atoms with van der Waals surface area (Å²) in [5, 5.41) is 20.7. The average Bonchev–Trinajstić information content (AvgIpc) is 2.92. The van der Waals surface area contributed by atoms with Gasteiger partial charge in [0.15, 0.2) is 0 Å². The topological polar surface area (TPSA) is 57.5 Å². The van der Waals surface area contributed by atoms with E-state index in [-0.39, 0.29) is 10.8 Å². The Morgan fingerprint density at radius 3 is 2.54 bits per heavy atom. The number of carboxylic acids is 1. The van der Waals surface area contributed by atoms with Crippen molar-refractivity contribution in [2.75, 3.05) is 0 Å². The lowest BCUT2D eigenvalue weighted by Crippen LogP contribution is -2.53. The number of carboxylic acid groups (broad SMARTS) is 1. The number of carbonyl (C=O) groups is 1. The molecule has 0 spiro atoms. The molecule has 0 aromatic carbocycles. The minimum absolute atomic E-state index is 0.110. The number of aliphatic hydroxyl groups is 1. The van der Waals surface area contributed by atoms with Crippen LogP contribution in [-0.4, -0.2) is 21.8 Å². The molecule has 3 heteroatoms. The molecule has 0 heterocycles. The molecule has 0 aliphatic heterocycles. The molecule has 0 radical (unpaired) electrons. The van der Waals surface area contributed by atoms with Gasteiger partial charge in [0, 0.05) is 5.41 Å². The van der Waals surface area contributed by atoms with E-state index < -0.39 is 17.0 Å². The minimum Gasteiger partial charge on any atom is -0.481 e. The second kappa shape index (κ2) is 5.99. The van der Waals surface area contributed by atoms with Crippen molar-refractivity contribution in [3.05, 3.63) is 23.3 Å². The second-order valence-electron chi connectivity index (χ2n) is 10.8. The monoisotopic (exact) mass is 382 g/mol. The van der Waals surface area contributed by atoms with Gasteiger partial charge in [0.05, 0.1) is 5.41 Å². The van der Waals surface area contributed by atoms with Gasteiger partial charge in [-0.25, -0.2) is 0 Å². The van der Waals surface area contributed by atoms with Crippen molar-refractivity contribution in [2.24, 2.45) is 34.0 Å². The van der Waals surface area contributed by atoms with E-state index in [0.717, 1.165) is 50.5 Å². The molecule has 0 bridgehead atoms. The number of aliphatic carboxylic acids is 1. The summed E-state index contributed by atoms with van der Waals surface area (Å²) in [6.45, 7) is 8.25. The molecule has 28 heavy (non-hydrogen) atoms. The molecule has 2 N–H and O–H groups in total. The van der Waals surface area contributed by atoms with Gasteiger partial charge < -0.3 is 10.2 Å². The molecular weight excluding hydrogens is 348 g/mol. The minimum atomic E-state index is -0.960. The van der Waals surface area contributed by atoms with E-state index in [9.17, 15) is 15.0 Å². The van der Waals surface area contributed by atoms with Crippen LogP contribution in [0.4, 0.5) is 0 Å². The number of rotatable bonds is 2. The number of allylic oxidation sites excluding steroid dienone is 3. The van der Waals surface area contributed by atoms with Crippen LogP contribution in [0.25, 0.3) is 0 Å². The number of terminal acetylenes is 1. The molecule has 6 atom stereocenters. The molecule has 4 aliphatic carbocycles. The van der Waals surface area contributed by atoms with Crippen LogP contribution in [0.5, 0.6) is 0 Å². The zero-order valence-corrected chi connectivity index (χ0v) is 17.7. The Morgan fingerprint density at radius 1 is 1.21 bits per heavy atom. The highest BCUT2D eigenvalue weighted by Gasteiger charge is 2.63. The molecular formula is C25H34O3. The molecule has 0 saturated heterocycles. The normalized spacial score (nSPS) is 45.1. The van der Waals surface area contributed by atoms with E-state index in [1.165, 1.54) is 5.57 Å². The summed E-state index contributed by atoms with van der Waals surface area (Å²) < 4.78 is 0. The van der Waals surface area contributed by atoms with Crippen LogP contribution in [0.15, 0.2) is 23.3 Å². The van der Waals surface area contributed by atoms with E-state index in [1.54, 1.807) is 0 Å². The first-order chi connectivity index (χ1) is 13.0. The molecule has 0 amide bonds. The first kappa shape index (κ1) is 19.8. The molecule has 4 rings (SSSR count). The fourth-order valence-corrected chi connectivity index (χ4v) is 7.21. The van der Waals surface area contributed by atoms with Crippen LogP contribution in [0.3, 0.4) is 0 Å². The van der Waals surface area contributed by atoms with Crippen LogP contribution in [0, 0.1) is 46.3 Å². The van der Waals surface area contributed by atoms with Crippen LogP contribution < -0.4 is 0 Å². The van der Waals surface area contributed by atoms with E-state index in [0.29, 0.717) is 17.8 Å². The summed E-state index contributed by atoms with van der Waals surface area (Å²) in [4.78, 5) is 11.7. The Bertz CT molecular complexity index is 812. The quantitative estimate of drug-likeness (QED) is 0.664. The second-order valence-corrected chi connectivity index (χ2v) is 10.8. The zero-order valence-electron chi connectivity index (χ0n) is 17.7. The van der Waals surface area contributed by atoms with Crippen molar-refractivity contribution >= 4 is 5.97 Å². The summed E-state index contributed by atoms with van der Waals surface area (Å²) in [6.07, 6.45) is 17.1. The Hall–Kier alpha value is -1.53. The number of hydrogen-bond acceptors (Lipinski definition) is 2. The van der Waals surface area contributed by atoms with Crippen molar-refractivity contribution in [3.63, 3.8) is 0 Å². The Labute approximate surface area is 169 Å². The third-order valence-electron chi connectivity index (χ3n) is 9.50. The van der Waals surface area contributed by atoms with Gasteiger partial charge in [-0.1, -0.05) is 37.5 Å². The van der Waals surface area contributed by atoms with Gasteiger partial charge in [-0.2, -0.15) is 0 Å². The maximum atomic E-state index is 11.7. The van der Waals surface area contributed by atoms with Gasteiger partial charge in [0.1, 0.15) is 5.60 Å². The SMILES string of the molecule is C#C[C@]1(O)CC[C@@H]2[C@H]3CC=C4C=C(C(C)(C)C(=O)O)CC[C@]4(C)[C@@H]3CC[C@@]21C. The molecule has 0 aromatic rings. The van der Waals surface area contributed by atoms with E-state index >= 15 is 0 Å². The summed E-state index contributed by atoms with van der Waals surface area (Å²) in [6, 6.07) is 0. The summed E-state index contributed by atoms with van der Waals surface area (Å²) >= 11 is 0. The fourth-order valence-electron chi connectivity index (χ4n) is 7.21. The molecule has 3 nitrogen and oxygen atoms in total. The predicted molar refractivity (Wildman–Crippen MR) is 110 cm³/mol.